The molecule has 2 aromatic carbocycles. The summed E-state index contributed by atoms with van der Waals surface area (Å²) in [6, 6.07) is 16.9. The van der Waals surface area contributed by atoms with Gasteiger partial charge in [0.1, 0.15) is 11.3 Å². The van der Waals surface area contributed by atoms with Crippen molar-refractivity contribution in [2.45, 2.75) is 58.5 Å². The molecule has 1 N–H and O–H groups in total. The molecular weight excluding hydrogens is 308 g/mol. The number of hydrogen-bond donors (Lipinski definition) is 1. The van der Waals surface area contributed by atoms with Gasteiger partial charge >= 0.3 is 0 Å². The van der Waals surface area contributed by atoms with Crippen LogP contribution < -0.4 is 0 Å². The van der Waals surface area contributed by atoms with Crippen molar-refractivity contribution in [3.8, 4) is 11.3 Å². The molecule has 0 spiro atoms. The van der Waals surface area contributed by atoms with Gasteiger partial charge in [-0.15, -0.1) is 0 Å². The molecule has 1 heterocycles. The first-order valence-electron chi connectivity index (χ1n) is 9.04. The molecule has 0 fully saturated rings. The standard InChI is InChI=1S/C23H28O2/c1-6-16-9-7-8-10-19(16)21-13-17-11-12-18(14-20(17)25-21)22(2,3)15-23(4,5)24/h7-14,24H,6,15H2,1-5H3. The van der Waals surface area contributed by atoms with Crippen molar-refractivity contribution < 1.29 is 9.52 Å². The van der Waals surface area contributed by atoms with Gasteiger partial charge in [0.25, 0.3) is 0 Å². The van der Waals surface area contributed by atoms with Gasteiger partial charge < -0.3 is 9.52 Å². The predicted octanol–water partition coefficient (Wildman–Crippen LogP) is 6.10. The van der Waals surface area contributed by atoms with Crippen molar-refractivity contribution in [1.29, 1.82) is 0 Å². The first-order chi connectivity index (χ1) is 11.7. The molecule has 0 bridgehead atoms. The van der Waals surface area contributed by atoms with Crippen LogP contribution in [0.5, 0.6) is 0 Å². The van der Waals surface area contributed by atoms with Crippen LogP contribution in [-0.2, 0) is 11.8 Å². The van der Waals surface area contributed by atoms with Crippen LogP contribution in [0.25, 0.3) is 22.3 Å². The van der Waals surface area contributed by atoms with E-state index in [9.17, 15) is 5.11 Å². The number of rotatable bonds is 5. The Bertz CT molecular complexity index is 878. The van der Waals surface area contributed by atoms with Crippen LogP contribution in [-0.4, -0.2) is 10.7 Å². The first-order valence-corrected chi connectivity index (χ1v) is 9.04. The summed E-state index contributed by atoms with van der Waals surface area (Å²) < 4.78 is 6.20. The Balaban J connectivity index is 2.03. The second kappa shape index (κ2) is 6.34. The molecule has 0 aliphatic rings. The SMILES string of the molecule is CCc1ccccc1-c1cc2ccc(C(C)(C)CC(C)(C)O)cc2o1. The Morgan fingerprint density at radius 1 is 0.960 bits per heavy atom. The molecule has 2 nitrogen and oxygen atoms in total. The number of fused-ring (bicyclic) bond motifs is 1. The van der Waals surface area contributed by atoms with E-state index in [2.05, 4.69) is 69.3 Å². The lowest BCUT2D eigenvalue weighted by molar-refractivity contribution is 0.0501. The minimum atomic E-state index is -0.702. The van der Waals surface area contributed by atoms with Gasteiger partial charge in [-0.25, -0.2) is 0 Å². The average Bonchev–Trinajstić information content (AvgIpc) is 2.95. The molecule has 0 saturated heterocycles. The van der Waals surface area contributed by atoms with Gasteiger partial charge in [-0.1, -0.05) is 57.2 Å². The molecule has 0 aliphatic carbocycles. The first kappa shape index (κ1) is 17.8. The van der Waals surface area contributed by atoms with Crippen LogP contribution in [0.4, 0.5) is 0 Å². The molecule has 0 aliphatic heterocycles. The summed E-state index contributed by atoms with van der Waals surface area (Å²) in [4.78, 5) is 0. The van der Waals surface area contributed by atoms with Crippen molar-refractivity contribution in [3.05, 3.63) is 59.7 Å². The maximum atomic E-state index is 10.2. The minimum Gasteiger partial charge on any atom is -0.456 e. The summed E-state index contributed by atoms with van der Waals surface area (Å²) in [6.07, 6.45) is 1.68. The Morgan fingerprint density at radius 3 is 2.36 bits per heavy atom. The highest BCUT2D eigenvalue weighted by molar-refractivity contribution is 5.84. The molecule has 132 valence electrons. The Kier molecular flexibility index (Phi) is 4.51. The fraction of sp³-hybridized carbons (Fsp3) is 0.391. The summed E-state index contributed by atoms with van der Waals surface area (Å²) in [5.74, 6) is 0.921. The second-order valence-electron chi connectivity index (χ2n) is 8.25. The zero-order chi connectivity index (χ0) is 18.2. The monoisotopic (exact) mass is 336 g/mol. The third-order valence-electron chi connectivity index (χ3n) is 4.84. The van der Waals surface area contributed by atoms with E-state index in [0.29, 0.717) is 6.42 Å². The van der Waals surface area contributed by atoms with Gasteiger partial charge in [-0.2, -0.15) is 0 Å². The summed E-state index contributed by atoms with van der Waals surface area (Å²) in [6.45, 7) is 10.2. The summed E-state index contributed by atoms with van der Waals surface area (Å²) in [5.41, 5.74) is 3.73. The van der Waals surface area contributed by atoms with E-state index in [1.807, 2.05) is 13.8 Å². The molecular formula is C23H28O2. The average molecular weight is 336 g/mol. The van der Waals surface area contributed by atoms with Crippen LogP contribution in [0, 0.1) is 0 Å². The molecule has 3 aromatic rings. The van der Waals surface area contributed by atoms with Crippen molar-refractivity contribution >= 4 is 11.0 Å². The number of aliphatic hydroxyl groups is 1. The van der Waals surface area contributed by atoms with E-state index in [1.54, 1.807) is 0 Å². The van der Waals surface area contributed by atoms with Gasteiger partial charge in [-0.3, -0.25) is 0 Å². The van der Waals surface area contributed by atoms with E-state index >= 15 is 0 Å². The Labute approximate surface area is 150 Å². The fourth-order valence-electron chi connectivity index (χ4n) is 3.84. The van der Waals surface area contributed by atoms with E-state index in [-0.39, 0.29) is 5.41 Å². The summed E-state index contributed by atoms with van der Waals surface area (Å²) in [7, 11) is 0. The minimum absolute atomic E-state index is 0.124. The highest BCUT2D eigenvalue weighted by Crippen LogP contribution is 2.36. The lowest BCUT2D eigenvalue weighted by Crippen LogP contribution is -2.31. The van der Waals surface area contributed by atoms with Gasteiger partial charge in [0.15, 0.2) is 0 Å². The number of aryl methyl sites for hydroxylation is 1. The number of furan rings is 1. The van der Waals surface area contributed by atoms with Crippen LogP contribution in [0.15, 0.2) is 52.9 Å². The van der Waals surface area contributed by atoms with Gasteiger partial charge in [0, 0.05) is 10.9 Å². The maximum absolute atomic E-state index is 10.2. The van der Waals surface area contributed by atoms with Crippen molar-refractivity contribution in [2.75, 3.05) is 0 Å². The Hall–Kier alpha value is -2.06. The quantitative estimate of drug-likeness (QED) is 0.610. The molecule has 2 heteroatoms. The van der Waals surface area contributed by atoms with E-state index < -0.39 is 5.60 Å². The van der Waals surface area contributed by atoms with Crippen molar-refractivity contribution in [2.24, 2.45) is 0 Å². The molecule has 25 heavy (non-hydrogen) atoms. The highest BCUT2D eigenvalue weighted by atomic mass is 16.3. The molecule has 0 radical (unpaired) electrons. The van der Waals surface area contributed by atoms with Crippen LogP contribution in [0.2, 0.25) is 0 Å². The largest absolute Gasteiger partial charge is 0.456 e. The van der Waals surface area contributed by atoms with Gasteiger partial charge in [0.05, 0.1) is 5.60 Å². The summed E-state index contributed by atoms with van der Waals surface area (Å²) >= 11 is 0. The van der Waals surface area contributed by atoms with E-state index in [0.717, 1.165) is 23.2 Å². The molecule has 0 unspecified atom stereocenters. The van der Waals surface area contributed by atoms with Crippen LogP contribution in [0.3, 0.4) is 0 Å². The fourth-order valence-corrected chi connectivity index (χ4v) is 3.84. The zero-order valence-electron chi connectivity index (χ0n) is 15.9. The van der Waals surface area contributed by atoms with E-state index in [1.165, 1.54) is 16.7 Å². The smallest absolute Gasteiger partial charge is 0.135 e. The third kappa shape index (κ3) is 3.80. The van der Waals surface area contributed by atoms with Gasteiger partial charge in [-0.05, 0) is 55.4 Å². The number of hydrogen-bond acceptors (Lipinski definition) is 2. The van der Waals surface area contributed by atoms with E-state index in [4.69, 9.17) is 4.42 Å². The molecule has 1 aromatic heterocycles. The normalized spacial score (nSPS) is 12.7. The Morgan fingerprint density at radius 2 is 1.68 bits per heavy atom. The maximum Gasteiger partial charge on any atom is 0.135 e. The molecule has 3 rings (SSSR count). The summed E-state index contributed by atoms with van der Waals surface area (Å²) in [5, 5.41) is 11.3. The molecule has 0 amide bonds. The molecule has 0 saturated carbocycles. The highest BCUT2D eigenvalue weighted by Gasteiger charge is 2.29. The lowest BCUT2D eigenvalue weighted by Gasteiger charge is -2.31. The zero-order valence-corrected chi connectivity index (χ0v) is 15.9. The lowest BCUT2D eigenvalue weighted by atomic mass is 9.76. The topological polar surface area (TPSA) is 33.4 Å². The second-order valence-corrected chi connectivity index (χ2v) is 8.25. The predicted molar refractivity (Wildman–Crippen MR) is 105 cm³/mol. The van der Waals surface area contributed by atoms with Crippen LogP contribution >= 0.6 is 0 Å². The van der Waals surface area contributed by atoms with Crippen molar-refractivity contribution in [3.63, 3.8) is 0 Å². The van der Waals surface area contributed by atoms with Gasteiger partial charge in [0.2, 0.25) is 0 Å². The number of benzene rings is 2. The third-order valence-corrected chi connectivity index (χ3v) is 4.84. The van der Waals surface area contributed by atoms with Crippen molar-refractivity contribution in [1.82, 2.24) is 0 Å². The molecule has 0 atom stereocenters. The van der Waals surface area contributed by atoms with Crippen LogP contribution in [0.1, 0.15) is 52.2 Å².